The molecule has 0 aliphatic rings. The van der Waals surface area contributed by atoms with E-state index in [1.54, 1.807) is 11.8 Å². The zero-order chi connectivity index (χ0) is 21.6. The predicted octanol–water partition coefficient (Wildman–Crippen LogP) is 2.97. The highest BCUT2D eigenvalue weighted by Crippen LogP contribution is 2.25. The molecule has 8 nitrogen and oxygen atoms in total. The van der Waals surface area contributed by atoms with Crippen LogP contribution in [-0.4, -0.2) is 43.8 Å². The maximum absolute atomic E-state index is 12.5. The average Bonchev–Trinajstić information content (AvgIpc) is 2.65. The van der Waals surface area contributed by atoms with Crippen LogP contribution in [0.1, 0.15) is 12.5 Å². The standard InChI is InChI=1S/C19H23N3O5S2/c1-14-7-9-18(10-8-14)28-12-11-20-19(23)15(2)21(29(3,26)27)16-5-4-6-17(13-16)22(24)25/h4-10,13,15H,11-12H2,1-3H3,(H,20,23)/t15-/m0/s1. The van der Waals surface area contributed by atoms with Crippen molar-refractivity contribution < 1.29 is 18.1 Å². The van der Waals surface area contributed by atoms with Crippen molar-refractivity contribution in [3.8, 4) is 0 Å². The van der Waals surface area contributed by atoms with E-state index in [0.29, 0.717) is 12.3 Å². The highest BCUT2D eigenvalue weighted by molar-refractivity contribution is 7.99. The van der Waals surface area contributed by atoms with Crippen LogP contribution < -0.4 is 9.62 Å². The number of aryl methyl sites for hydroxylation is 1. The molecule has 0 aromatic heterocycles. The molecule has 2 aromatic carbocycles. The fraction of sp³-hybridized carbons (Fsp3) is 0.316. The summed E-state index contributed by atoms with van der Waals surface area (Å²) in [6.45, 7) is 3.81. The zero-order valence-corrected chi connectivity index (χ0v) is 18.0. The van der Waals surface area contributed by atoms with Gasteiger partial charge >= 0.3 is 0 Å². The van der Waals surface area contributed by atoms with Crippen molar-refractivity contribution in [1.82, 2.24) is 5.32 Å². The van der Waals surface area contributed by atoms with Crippen LogP contribution in [0.25, 0.3) is 0 Å². The van der Waals surface area contributed by atoms with Gasteiger partial charge in [0.05, 0.1) is 16.9 Å². The van der Waals surface area contributed by atoms with Crippen LogP contribution in [0.15, 0.2) is 53.4 Å². The van der Waals surface area contributed by atoms with E-state index in [1.165, 1.54) is 30.7 Å². The summed E-state index contributed by atoms with van der Waals surface area (Å²) in [5.41, 5.74) is 0.982. The van der Waals surface area contributed by atoms with Crippen molar-refractivity contribution in [3.05, 3.63) is 64.2 Å². The first-order chi connectivity index (χ1) is 13.6. The van der Waals surface area contributed by atoms with Gasteiger partial charge in [-0.2, -0.15) is 0 Å². The molecule has 10 heteroatoms. The molecule has 0 unspecified atom stereocenters. The fourth-order valence-electron chi connectivity index (χ4n) is 2.68. The minimum atomic E-state index is -3.84. The van der Waals surface area contributed by atoms with E-state index in [1.807, 2.05) is 31.2 Å². The lowest BCUT2D eigenvalue weighted by molar-refractivity contribution is -0.384. The number of amides is 1. The molecule has 2 aromatic rings. The summed E-state index contributed by atoms with van der Waals surface area (Å²) in [6.07, 6.45) is 0.961. The molecule has 0 radical (unpaired) electrons. The van der Waals surface area contributed by atoms with Crippen LogP contribution in [0.4, 0.5) is 11.4 Å². The number of nitro groups is 1. The number of anilines is 1. The topological polar surface area (TPSA) is 110 Å². The molecule has 0 bridgehead atoms. The quantitative estimate of drug-likeness (QED) is 0.280. The Balaban J connectivity index is 2.04. The third-order valence-electron chi connectivity index (χ3n) is 4.07. The van der Waals surface area contributed by atoms with Crippen molar-refractivity contribution >= 4 is 39.1 Å². The molecule has 29 heavy (non-hydrogen) atoms. The molecule has 0 heterocycles. The smallest absolute Gasteiger partial charge is 0.271 e. The number of carbonyl (C=O) groups excluding carboxylic acids is 1. The van der Waals surface area contributed by atoms with Crippen LogP contribution in [0.2, 0.25) is 0 Å². The largest absolute Gasteiger partial charge is 0.353 e. The first-order valence-corrected chi connectivity index (χ1v) is 11.6. The van der Waals surface area contributed by atoms with Gasteiger partial charge in [0.25, 0.3) is 5.69 Å². The van der Waals surface area contributed by atoms with Crippen LogP contribution in [0.3, 0.4) is 0 Å². The van der Waals surface area contributed by atoms with E-state index >= 15 is 0 Å². The van der Waals surface area contributed by atoms with Crippen LogP contribution in [0, 0.1) is 17.0 Å². The van der Waals surface area contributed by atoms with Gasteiger partial charge < -0.3 is 5.32 Å². The Kier molecular flexibility index (Phi) is 7.63. The number of rotatable bonds is 9. The van der Waals surface area contributed by atoms with E-state index in [9.17, 15) is 23.3 Å². The van der Waals surface area contributed by atoms with E-state index in [2.05, 4.69) is 5.32 Å². The average molecular weight is 438 g/mol. The Hall–Kier alpha value is -2.59. The predicted molar refractivity (Wildman–Crippen MR) is 115 cm³/mol. The molecule has 156 valence electrons. The van der Waals surface area contributed by atoms with Crippen molar-refractivity contribution in [1.29, 1.82) is 0 Å². The molecule has 0 saturated carbocycles. The Morgan fingerprint density at radius 1 is 1.24 bits per heavy atom. The molecular formula is C19H23N3O5S2. The summed E-state index contributed by atoms with van der Waals surface area (Å²) in [4.78, 5) is 24.0. The highest BCUT2D eigenvalue weighted by Gasteiger charge is 2.29. The third-order valence-corrected chi connectivity index (χ3v) is 6.33. The summed E-state index contributed by atoms with van der Waals surface area (Å²) in [7, 11) is -3.84. The summed E-state index contributed by atoms with van der Waals surface area (Å²) >= 11 is 1.58. The van der Waals surface area contributed by atoms with Gasteiger partial charge in [-0.3, -0.25) is 19.2 Å². The summed E-state index contributed by atoms with van der Waals surface area (Å²) < 4.78 is 25.4. The van der Waals surface area contributed by atoms with Gasteiger partial charge in [0.15, 0.2) is 0 Å². The number of benzene rings is 2. The van der Waals surface area contributed by atoms with Crippen molar-refractivity contribution in [2.75, 3.05) is 22.9 Å². The highest BCUT2D eigenvalue weighted by atomic mass is 32.2. The van der Waals surface area contributed by atoms with Gasteiger partial charge in [0.1, 0.15) is 6.04 Å². The number of nitrogens with one attached hydrogen (secondary N) is 1. The molecule has 2 rings (SSSR count). The molecule has 0 aliphatic carbocycles. The van der Waals surface area contributed by atoms with E-state index < -0.39 is 26.9 Å². The monoisotopic (exact) mass is 437 g/mol. The second kappa shape index (κ2) is 9.75. The van der Waals surface area contributed by atoms with Gasteiger partial charge in [0, 0.05) is 29.3 Å². The lowest BCUT2D eigenvalue weighted by Gasteiger charge is -2.28. The number of nitro benzene ring substituents is 1. The minimum Gasteiger partial charge on any atom is -0.353 e. The number of non-ortho nitro benzene ring substituents is 1. The number of thioether (sulfide) groups is 1. The summed E-state index contributed by atoms with van der Waals surface area (Å²) in [6, 6.07) is 12.2. The molecule has 1 N–H and O–H groups in total. The normalized spacial score (nSPS) is 12.2. The SMILES string of the molecule is Cc1ccc(SCCNC(=O)[C@H](C)N(c2cccc([N+](=O)[O-])c2)S(C)(=O)=O)cc1. The first-order valence-electron chi connectivity index (χ1n) is 8.80. The number of hydrogen-bond donors (Lipinski definition) is 1. The number of carbonyl (C=O) groups is 1. The van der Waals surface area contributed by atoms with E-state index in [0.717, 1.165) is 21.5 Å². The lowest BCUT2D eigenvalue weighted by atomic mass is 10.2. The summed E-state index contributed by atoms with van der Waals surface area (Å²) in [5, 5.41) is 13.7. The molecule has 1 amide bonds. The maximum atomic E-state index is 12.5. The van der Waals surface area contributed by atoms with Crippen LogP contribution in [-0.2, 0) is 14.8 Å². The Labute approximate surface area is 174 Å². The lowest BCUT2D eigenvalue weighted by Crippen LogP contribution is -2.48. The summed E-state index contributed by atoms with van der Waals surface area (Å²) in [5.74, 6) is 0.142. The zero-order valence-electron chi connectivity index (χ0n) is 16.4. The minimum absolute atomic E-state index is 0.0679. The number of hydrogen-bond acceptors (Lipinski definition) is 6. The third kappa shape index (κ3) is 6.47. The maximum Gasteiger partial charge on any atom is 0.271 e. The van der Waals surface area contributed by atoms with Gasteiger partial charge in [-0.25, -0.2) is 8.42 Å². The van der Waals surface area contributed by atoms with Crippen molar-refractivity contribution in [2.24, 2.45) is 0 Å². The second-order valence-electron chi connectivity index (χ2n) is 6.46. The first kappa shape index (κ1) is 22.7. The number of sulfonamides is 1. The Bertz CT molecular complexity index is 978. The molecule has 1 atom stereocenters. The molecule has 0 fully saturated rings. The Morgan fingerprint density at radius 3 is 2.48 bits per heavy atom. The molecule has 0 saturated heterocycles. The molecule has 0 spiro atoms. The number of nitrogens with zero attached hydrogens (tertiary/aromatic N) is 2. The second-order valence-corrected chi connectivity index (χ2v) is 9.49. The van der Waals surface area contributed by atoms with E-state index in [-0.39, 0.29) is 11.4 Å². The molecular weight excluding hydrogens is 414 g/mol. The van der Waals surface area contributed by atoms with Gasteiger partial charge in [-0.05, 0) is 32.0 Å². The van der Waals surface area contributed by atoms with Crippen molar-refractivity contribution in [2.45, 2.75) is 24.8 Å². The molecule has 0 aliphatic heterocycles. The van der Waals surface area contributed by atoms with E-state index in [4.69, 9.17) is 0 Å². The fourth-order valence-corrected chi connectivity index (χ4v) is 4.61. The van der Waals surface area contributed by atoms with Gasteiger partial charge in [0.2, 0.25) is 15.9 Å². The van der Waals surface area contributed by atoms with Crippen molar-refractivity contribution in [3.63, 3.8) is 0 Å². The van der Waals surface area contributed by atoms with Gasteiger partial charge in [-0.15, -0.1) is 11.8 Å². The van der Waals surface area contributed by atoms with Crippen LogP contribution >= 0.6 is 11.8 Å². The van der Waals surface area contributed by atoms with Crippen LogP contribution in [0.5, 0.6) is 0 Å². The van der Waals surface area contributed by atoms with Gasteiger partial charge in [-0.1, -0.05) is 23.8 Å². The Morgan fingerprint density at radius 2 is 1.90 bits per heavy atom.